The molecule has 154 valence electrons. The Morgan fingerprint density at radius 3 is 2.67 bits per heavy atom. The van der Waals surface area contributed by atoms with Gasteiger partial charge in [-0.05, 0) is 70.1 Å². The second-order valence-corrected chi connectivity index (χ2v) is 8.19. The maximum absolute atomic E-state index is 15.1. The minimum atomic E-state index is -0.357. The highest BCUT2D eigenvalue weighted by Crippen LogP contribution is 2.30. The van der Waals surface area contributed by atoms with Gasteiger partial charge < -0.3 is 4.90 Å². The van der Waals surface area contributed by atoms with Crippen molar-refractivity contribution in [2.45, 2.75) is 39.5 Å². The van der Waals surface area contributed by atoms with Crippen LogP contribution in [0.25, 0.3) is 27.9 Å². The largest absolute Gasteiger partial charge is 0.304 e. The molecule has 1 fully saturated rings. The van der Waals surface area contributed by atoms with Gasteiger partial charge in [0.1, 0.15) is 5.52 Å². The van der Waals surface area contributed by atoms with Gasteiger partial charge >= 0.3 is 0 Å². The van der Waals surface area contributed by atoms with Crippen LogP contribution in [0.15, 0.2) is 30.6 Å². The van der Waals surface area contributed by atoms with E-state index in [0.29, 0.717) is 28.2 Å². The van der Waals surface area contributed by atoms with Crippen molar-refractivity contribution in [2.75, 3.05) is 19.6 Å². The van der Waals surface area contributed by atoms with E-state index in [4.69, 9.17) is 0 Å². The Bertz CT molecular complexity index is 1240. The number of hydrogen-bond acceptors (Lipinski definition) is 5. The van der Waals surface area contributed by atoms with Gasteiger partial charge in [-0.15, -0.1) is 0 Å². The SMILES string of the molecule is CCN1CCC(c2cnc3cc(-c4cc(C)c5nc(C)cn5n4)cc(F)c3n2)CC1. The van der Waals surface area contributed by atoms with E-state index in [0.717, 1.165) is 55.1 Å². The lowest BCUT2D eigenvalue weighted by molar-refractivity contribution is 0.221. The fraction of sp³-hybridized carbons (Fsp3) is 0.391. The van der Waals surface area contributed by atoms with E-state index in [9.17, 15) is 0 Å². The summed E-state index contributed by atoms with van der Waals surface area (Å²) in [5.74, 6) is -0.0100. The first-order valence-corrected chi connectivity index (χ1v) is 10.5. The van der Waals surface area contributed by atoms with E-state index in [-0.39, 0.29) is 5.82 Å². The Morgan fingerprint density at radius 1 is 1.10 bits per heavy atom. The molecule has 0 radical (unpaired) electrons. The summed E-state index contributed by atoms with van der Waals surface area (Å²) in [6.07, 6.45) is 5.78. The van der Waals surface area contributed by atoms with Gasteiger partial charge in [-0.2, -0.15) is 5.10 Å². The zero-order valence-corrected chi connectivity index (χ0v) is 17.6. The van der Waals surface area contributed by atoms with E-state index in [1.165, 1.54) is 6.07 Å². The number of hydrogen-bond donors (Lipinski definition) is 0. The van der Waals surface area contributed by atoms with Crippen molar-refractivity contribution in [3.63, 3.8) is 0 Å². The number of likely N-dealkylation sites (tertiary alicyclic amines) is 1. The van der Waals surface area contributed by atoms with Crippen molar-refractivity contribution < 1.29 is 4.39 Å². The highest BCUT2D eigenvalue weighted by Gasteiger charge is 2.22. The first-order chi connectivity index (χ1) is 14.5. The van der Waals surface area contributed by atoms with Gasteiger partial charge in [0, 0.05) is 17.7 Å². The lowest BCUT2D eigenvalue weighted by atomic mass is 9.93. The van der Waals surface area contributed by atoms with Crippen molar-refractivity contribution in [2.24, 2.45) is 0 Å². The fourth-order valence-electron chi connectivity index (χ4n) is 4.36. The fourth-order valence-corrected chi connectivity index (χ4v) is 4.36. The summed E-state index contributed by atoms with van der Waals surface area (Å²) in [6, 6.07) is 5.32. The van der Waals surface area contributed by atoms with Crippen molar-refractivity contribution >= 4 is 16.7 Å². The van der Waals surface area contributed by atoms with Crippen LogP contribution in [-0.4, -0.2) is 49.1 Å². The predicted octanol–water partition coefficient (Wildman–Crippen LogP) is 4.29. The van der Waals surface area contributed by atoms with Gasteiger partial charge in [0.2, 0.25) is 0 Å². The lowest BCUT2D eigenvalue weighted by Crippen LogP contribution is -2.32. The third-order valence-corrected chi connectivity index (χ3v) is 6.10. The second-order valence-electron chi connectivity index (χ2n) is 8.19. The highest BCUT2D eigenvalue weighted by molar-refractivity contribution is 5.81. The van der Waals surface area contributed by atoms with Crippen LogP contribution in [0.2, 0.25) is 0 Å². The lowest BCUT2D eigenvalue weighted by Gasteiger charge is -2.30. The third-order valence-electron chi connectivity index (χ3n) is 6.10. The molecular weight excluding hydrogens is 379 g/mol. The molecule has 0 aliphatic carbocycles. The van der Waals surface area contributed by atoms with Crippen LogP contribution in [0.3, 0.4) is 0 Å². The number of imidazole rings is 1. The molecule has 30 heavy (non-hydrogen) atoms. The molecule has 0 bridgehead atoms. The number of piperidine rings is 1. The molecule has 1 saturated heterocycles. The van der Waals surface area contributed by atoms with E-state index < -0.39 is 0 Å². The van der Waals surface area contributed by atoms with E-state index >= 15 is 4.39 Å². The van der Waals surface area contributed by atoms with Gasteiger partial charge in [-0.25, -0.2) is 18.9 Å². The van der Waals surface area contributed by atoms with Crippen molar-refractivity contribution in [1.82, 2.24) is 29.5 Å². The Hall–Kier alpha value is -2.93. The maximum Gasteiger partial charge on any atom is 0.156 e. The van der Waals surface area contributed by atoms with Crippen LogP contribution < -0.4 is 0 Å². The molecule has 0 amide bonds. The summed E-state index contributed by atoms with van der Waals surface area (Å²) < 4.78 is 16.8. The van der Waals surface area contributed by atoms with E-state index in [2.05, 4.69) is 31.9 Å². The van der Waals surface area contributed by atoms with Gasteiger partial charge in [0.05, 0.1) is 28.8 Å². The molecule has 0 unspecified atom stereocenters. The number of aromatic nitrogens is 5. The standard InChI is InChI=1S/C23H25FN6/c1-4-29-7-5-16(6-8-29)21-12-25-20-11-17(10-18(24)22(20)27-21)19-9-14(2)23-26-15(3)13-30(23)28-19/h9-13,16H,4-8H2,1-3H3. The Morgan fingerprint density at radius 2 is 1.90 bits per heavy atom. The van der Waals surface area contributed by atoms with Crippen LogP contribution in [0, 0.1) is 19.7 Å². The smallest absolute Gasteiger partial charge is 0.156 e. The number of rotatable bonds is 3. The quantitative estimate of drug-likeness (QED) is 0.510. The van der Waals surface area contributed by atoms with Gasteiger partial charge in [0.15, 0.2) is 11.5 Å². The van der Waals surface area contributed by atoms with Gasteiger partial charge in [-0.1, -0.05) is 6.92 Å². The minimum absolute atomic E-state index is 0.338. The summed E-state index contributed by atoms with van der Waals surface area (Å²) in [7, 11) is 0. The summed E-state index contributed by atoms with van der Waals surface area (Å²) >= 11 is 0. The van der Waals surface area contributed by atoms with Crippen molar-refractivity contribution in [1.29, 1.82) is 0 Å². The second kappa shape index (κ2) is 7.40. The summed E-state index contributed by atoms with van der Waals surface area (Å²) in [5, 5.41) is 4.62. The van der Waals surface area contributed by atoms with Crippen LogP contribution in [-0.2, 0) is 0 Å². The number of fused-ring (bicyclic) bond motifs is 2. The first-order valence-electron chi connectivity index (χ1n) is 10.5. The molecule has 4 heterocycles. The van der Waals surface area contributed by atoms with Crippen molar-refractivity contribution in [3.8, 4) is 11.3 Å². The molecule has 6 nitrogen and oxygen atoms in total. The Labute approximate surface area is 174 Å². The summed E-state index contributed by atoms with van der Waals surface area (Å²) in [6.45, 7) is 9.30. The molecule has 1 aromatic carbocycles. The average molecular weight is 404 g/mol. The predicted molar refractivity (Wildman–Crippen MR) is 115 cm³/mol. The van der Waals surface area contributed by atoms with Gasteiger partial charge in [0.25, 0.3) is 0 Å². The molecule has 0 atom stereocenters. The Balaban J connectivity index is 1.52. The van der Waals surface area contributed by atoms with Crippen LogP contribution in [0.4, 0.5) is 4.39 Å². The van der Waals surface area contributed by atoms with E-state index in [1.54, 1.807) is 4.52 Å². The number of benzene rings is 1. The molecule has 5 rings (SSSR count). The van der Waals surface area contributed by atoms with Crippen LogP contribution in [0.1, 0.15) is 42.6 Å². The Kier molecular flexibility index (Phi) is 4.70. The molecule has 0 spiro atoms. The topological polar surface area (TPSA) is 59.2 Å². The third kappa shape index (κ3) is 3.33. The summed E-state index contributed by atoms with van der Waals surface area (Å²) in [5.41, 5.74) is 5.88. The maximum atomic E-state index is 15.1. The van der Waals surface area contributed by atoms with Crippen molar-refractivity contribution in [3.05, 3.63) is 53.4 Å². The molecular formula is C23H25FN6. The molecule has 7 heteroatoms. The zero-order chi connectivity index (χ0) is 20.8. The first kappa shape index (κ1) is 19.1. The van der Waals surface area contributed by atoms with Gasteiger partial charge in [-0.3, -0.25) is 4.98 Å². The monoisotopic (exact) mass is 404 g/mol. The summed E-state index contributed by atoms with van der Waals surface area (Å²) in [4.78, 5) is 16.1. The zero-order valence-electron chi connectivity index (χ0n) is 17.6. The molecule has 3 aromatic heterocycles. The molecule has 0 saturated carbocycles. The minimum Gasteiger partial charge on any atom is -0.304 e. The molecule has 1 aliphatic rings. The molecule has 0 N–H and O–H groups in total. The number of nitrogens with zero attached hydrogens (tertiary/aromatic N) is 6. The highest BCUT2D eigenvalue weighted by atomic mass is 19.1. The average Bonchev–Trinajstić information content (AvgIpc) is 3.14. The number of halogens is 1. The van der Waals surface area contributed by atoms with Crippen LogP contribution >= 0.6 is 0 Å². The normalized spacial score (nSPS) is 16.0. The molecule has 1 aliphatic heterocycles. The number of aryl methyl sites for hydroxylation is 2. The van der Waals surface area contributed by atoms with E-state index in [1.807, 2.05) is 38.4 Å². The molecule has 4 aromatic rings. The van der Waals surface area contributed by atoms with Crippen LogP contribution in [0.5, 0.6) is 0 Å².